The first-order valence-corrected chi connectivity index (χ1v) is 9.24. The molecule has 0 unspecified atom stereocenters. The van der Waals surface area contributed by atoms with Gasteiger partial charge in [0.2, 0.25) is 5.95 Å². The van der Waals surface area contributed by atoms with Crippen LogP contribution >= 0.6 is 0 Å². The fourth-order valence-electron chi connectivity index (χ4n) is 3.77. The monoisotopic (exact) mass is 363 g/mol. The summed E-state index contributed by atoms with van der Waals surface area (Å²) in [7, 11) is 1.79. The summed E-state index contributed by atoms with van der Waals surface area (Å²) < 4.78 is 7.20. The van der Waals surface area contributed by atoms with Crippen LogP contribution in [0.4, 0.5) is 5.95 Å². The van der Waals surface area contributed by atoms with Crippen LogP contribution in [-0.2, 0) is 4.74 Å². The van der Waals surface area contributed by atoms with E-state index < -0.39 is 0 Å². The Kier molecular flexibility index (Phi) is 3.97. The molecule has 8 nitrogen and oxygen atoms in total. The Morgan fingerprint density at radius 3 is 2.93 bits per heavy atom. The third-order valence-corrected chi connectivity index (χ3v) is 5.30. The molecular weight excluding hydrogens is 342 g/mol. The molecule has 4 heterocycles. The van der Waals surface area contributed by atoms with Crippen LogP contribution in [-0.4, -0.2) is 48.8 Å². The second-order valence-electron chi connectivity index (χ2n) is 6.96. The van der Waals surface area contributed by atoms with E-state index in [0.29, 0.717) is 18.1 Å². The number of aromatic nitrogens is 6. The largest absolute Gasteiger partial charge is 0.381 e. The van der Waals surface area contributed by atoms with E-state index in [2.05, 4.69) is 30.4 Å². The average molecular weight is 363 g/mol. The molecule has 0 aromatic carbocycles. The van der Waals surface area contributed by atoms with Crippen LogP contribution in [0, 0.1) is 0 Å². The van der Waals surface area contributed by atoms with Crippen molar-refractivity contribution in [3.63, 3.8) is 0 Å². The highest BCUT2D eigenvalue weighted by atomic mass is 16.5. The molecule has 1 aliphatic carbocycles. The third-order valence-electron chi connectivity index (χ3n) is 5.30. The quantitative estimate of drug-likeness (QED) is 0.579. The van der Waals surface area contributed by atoms with Crippen molar-refractivity contribution in [1.82, 2.24) is 29.5 Å². The average Bonchev–Trinajstić information content (AvgIpc) is 3.34. The van der Waals surface area contributed by atoms with E-state index in [0.717, 1.165) is 53.6 Å². The van der Waals surface area contributed by atoms with Crippen LogP contribution in [0.2, 0.25) is 0 Å². The highest BCUT2D eigenvalue weighted by molar-refractivity contribution is 5.92. The molecule has 1 saturated carbocycles. The number of imidazole rings is 1. The molecule has 0 spiro atoms. The van der Waals surface area contributed by atoms with Gasteiger partial charge in [0.1, 0.15) is 5.65 Å². The zero-order chi connectivity index (χ0) is 18.2. The molecule has 0 bridgehead atoms. The molecular formula is C19H21N7O. The maximum Gasteiger partial charge on any atom is 0.224 e. The summed E-state index contributed by atoms with van der Waals surface area (Å²) in [5.41, 5.74) is 3.46. The van der Waals surface area contributed by atoms with Crippen LogP contribution in [0.15, 0.2) is 36.9 Å². The second kappa shape index (κ2) is 6.62. The number of ether oxygens (including phenoxy) is 1. The molecule has 4 aromatic rings. The predicted molar refractivity (Wildman–Crippen MR) is 103 cm³/mol. The Balaban J connectivity index is 1.39. The minimum atomic E-state index is 0.387. The van der Waals surface area contributed by atoms with Crippen molar-refractivity contribution in [2.45, 2.75) is 37.8 Å². The van der Waals surface area contributed by atoms with E-state index in [1.54, 1.807) is 17.8 Å². The maximum atomic E-state index is 5.44. The first-order valence-electron chi connectivity index (χ1n) is 9.24. The lowest BCUT2D eigenvalue weighted by atomic mass is 9.93. The molecule has 27 heavy (non-hydrogen) atoms. The van der Waals surface area contributed by atoms with Gasteiger partial charge in [-0.1, -0.05) is 0 Å². The van der Waals surface area contributed by atoms with Gasteiger partial charge in [-0.25, -0.2) is 14.5 Å². The molecule has 0 aliphatic heterocycles. The van der Waals surface area contributed by atoms with Crippen molar-refractivity contribution < 1.29 is 4.74 Å². The Morgan fingerprint density at radius 2 is 2.07 bits per heavy atom. The number of nitrogens with one attached hydrogen (secondary N) is 2. The zero-order valence-corrected chi connectivity index (χ0v) is 15.1. The normalized spacial score (nSPS) is 20.3. The minimum absolute atomic E-state index is 0.387. The van der Waals surface area contributed by atoms with E-state index in [-0.39, 0.29) is 0 Å². The highest BCUT2D eigenvalue weighted by Crippen LogP contribution is 2.27. The van der Waals surface area contributed by atoms with Crippen molar-refractivity contribution in [2.24, 2.45) is 0 Å². The summed E-state index contributed by atoms with van der Waals surface area (Å²) in [6.45, 7) is 0. The van der Waals surface area contributed by atoms with E-state index in [9.17, 15) is 0 Å². The number of hydrogen-bond acceptors (Lipinski definition) is 6. The van der Waals surface area contributed by atoms with Crippen LogP contribution in [0.1, 0.15) is 25.7 Å². The Morgan fingerprint density at radius 1 is 1.19 bits per heavy atom. The van der Waals surface area contributed by atoms with E-state index in [1.807, 2.05) is 30.7 Å². The van der Waals surface area contributed by atoms with Gasteiger partial charge < -0.3 is 15.0 Å². The third kappa shape index (κ3) is 3.02. The summed E-state index contributed by atoms with van der Waals surface area (Å²) in [5, 5.41) is 9.03. The van der Waals surface area contributed by atoms with Gasteiger partial charge in [-0.15, -0.1) is 0 Å². The summed E-state index contributed by atoms with van der Waals surface area (Å²) in [6.07, 6.45) is 12.0. The van der Waals surface area contributed by atoms with Crippen molar-refractivity contribution in [1.29, 1.82) is 0 Å². The fraction of sp³-hybridized carbons (Fsp3) is 0.368. The SMILES string of the molecule is CO[C@H]1CC[C@@H](Nc2ncc3c(-c4ccc5nccn5n4)c[nH]c3n2)CC1. The van der Waals surface area contributed by atoms with Gasteiger partial charge in [0.15, 0.2) is 5.65 Å². The first kappa shape index (κ1) is 16.2. The number of H-pyrrole nitrogens is 1. The number of aromatic amines is 1. The van der Waals surface area contributed by atoms with Crippen LogP contribution < -0.4 is 5.32 Å². The molecule has 0 saturated heterocycles. The van der Waals surface area contributed by atoms with Gasteiger partial charge in [-0.2, -0.15) is 10.1 Å². The Labute approximate surface area is 156 Å². The maximum absolute atomic E-state index is 5.44. The van der Waals surface area contributed by atoms with Gasteiger partial charge >= 0.3 is 0 Å². The number of anilines is 1. The summed E-state index contributed by atoms with van der Waals surface area (Å²) in [6, 6.07) is 4.31. The highest BCUT2D eigenvalue weighted by Gasteiger charge is 2.21. The summed E-state index contributed by atoms with van der Waals surface area (Å²) in [5.74, 6) is 0.662. The van der Waals surface area contributed by atoms with Gasteiger partial charge in [-0.3, -0.25) is 0 Å². The molecule has 4 aromatic heterocycles. The predicted octanol–water partition coefficient (Wildman–Crippen LogP) is 3.04. The molecule has 1 fully saturated rings. The van der Waals surface area contributed by atoms with E-state index in [4.69, 9.17) is 4.74 Å². The van der Waals surface area contributed by atoms with Gasteiger partial charge in [0.05, 0.1) is 11.8 Å². The number of hydrogen-bond donors (Lipinski definition) is 2. The standard InChI is InChI=1S/C19H21N7O/c1-27-13-4-2-12(3-5-13)23-19-22-11-15-14(10-21-18(15)24-19)16-6-7-17-20-8-9-26(17)25-16/h6-13H,2-5H2,1H3,(H2,21,22,23,24)/t12-,13+. The first-order chi connectivity index (χ1) is 13.3. The molecule has 0 amide bonds. The van der Waals surface area contributed by atoms with Gasteiger partial charge in [0, 0.05) is 48.9 Å². The number of rotatable bonds is 4. The van der Waals surface area contributed by atoms with Crippen molar-refractivity contribution in [3.05, 3.63) is 36.9 Å². The van der Waals surface area contributed by atoms with Crippen molar-refractivity contribution in [2.75, 3.05) is 12.4 Å². The summed E-state index contributed by atoms with van der Waals surface area (Å²) in [4.78, 5) is 16.7. The van der Waals surface area contributed by atoms with Gasteiger partial charge in [-0.05, 0) is 37.8 Å². The zero-order valence-electron chi connectivity index (χ0n) is 15.1. The number of nitrogens with zero attached hydrogens (tertiary/aromatic N) is 5. The molecule has 0 atom stereocenters. The molecule has 0 radical (unpaired) electrons. The van der Waals surface area contributed by atoms with Crippen LogP contribution in [0.25, 0.3) is 27.9 Å². The van der Waals surface area contributed by atoms with Crippen LogP contribution in [0.3, 0.4) is 0 Å². The van der Waals surface area contributed by atoms with E-state index >= 15 is 0 Å². The fourth-order valence-corrected chi connectivity index (χ4v) is 3.77. The number of methoxy groups -OCH3 is 1. The number of fused-ring (bicyclic) bond motifs is 2. The summed E-state index contributed by atoms with van der Waals surface area (Å²) >= 11 is 0. The molecule has 2 N–H and O–H groups in total. The topological polar surface area (TPSA) is 93.0 Å². The van der Waals surface area contributed by atoms with Gasteiger partial charge in [0.25, 0.3) is 0 Å². The van der Waals surface area contributed by atoms with E-state index in [1.165, 1.54) is 0 Å². The Hall–Kier alpha value is -3.00. The lowest BCUT2D eigenvalue weighted by molar-refractivity contribution is 0.0681. The minimum Gasteiger partial charge on any atom is -0.381 e. The Bertz CT molecular complexity index is 1080. The molecule has 8 heteroatoms. The van der Waals surface area contributed by atoms with Crippen LogP contribution in [0.5, 0.6) is 0 Å². The second-order valence-corrected chi connectivity index (χ2v) is 6.96. The molecule has 5 rings (SSSR count). The lowest BCUT2D eigenvalue weighted by Crippen LogP contribution is -2.29. The smallest absolute Gasteiger partial charge is 0.224 e. The van der Waals surface area contributed by atoms with Crippen molar-refractivity contribution in [3.8, 4) is 11.3 Å². The van der Waals surface area contributed by atoms with Crippen molar-refractivity contribution >= 4 is 22.6 Å². The molecule has 1 aliphatic rings. The molecule has 138 valence electrons. The lowest BCUT2D eigenvalue weighted by Gasteiger charge is -2.28.